The maximum absolute atomic E-state index is 13.8. The second kappa shape index (κ2) is 8.03. The van der Waals surface area contributed by atoms with Gasteiger partial charge in [-0.05, 0) is 6.07 Å². The van der Waals surface area contributed by atoms with Crippen LogP contribution in [0.4, 0.5) is 4.39 Å². The molecule has 1 atom stereocenters. The number of hydrogen-bond donors (Lipinski definition) is 1. The molecule has 3 rings (SSSR count). The number of piperazine rings is 1. The molecule has 1 N–H and O–H groups in total. The molecule has 1 aromatic heterocycles. The largest absolute Gasteiger partial charge is 0.387 e. The van der Waals surface area contributed by atoms with Crippen LogP contribution < -0.4 is 0 Å². The van der Waals surface area contributed by atoms with E-state index in [0.29, 0.717) is 12.1 Å². The van der Waals surface area contributed by atoms with E-state index in [-0.39, 0.29) is 5.82 Å². The van der Waals surface area contributed by atoms with Gasteiger partial charge in [0.25, 0.3) is 0 Å². The third-order valence-electron chi connectivity index (χ3n) is 4.90. The Labute approximate surface area is 147 Å². The van der Waals surface area contributed by atoms with Gasteiger partial charge in [-0.1, -0.05) is 25.1 Å². The summed E-state index contributed by atoms with van der Waals surface area (Å²) >= 11 is 0. The predicted molar refractivity (Wildman–Crippen MR) is 93.5 cm³/mol. The molecule has 0 amide bonds. The Hall–Kier alpha value is -1.83. The molecule has 7 heteroatoms. The number of hydrogen-bond acceptors (Lipinski definition) is 5. The van der Waals surface area contributed by atoms with Crippen LogP contribution in [0.25, 0.3) is 0 Å². The monoisotopic (exact) mass is 347 g/mol. The lowest BCUT2D eigenvalue weighted by Gasteiger charge is -2.35. The lowest BCUT2D eigenvalue weighted by molar-refractivity contribution is 0.0673. The average molecular weight is 347 g/mol. The molecule has 0 unspecified atom stereocenters. The van der Waals surface area contributed by atoms with E-state index < -0.39 is 6.10 Å². The predicted octanol–water partition coefficient (Wildman–Crippen LogP) is 1.37. The van der Waals surface area contributed by atoms with Gasteiger partial charge in [-0.3, -0.25) is 9.80 Å². The van der Waals surface area contributed by atoms with Crippen molar-refractivity contribution in [1.29, 1.82) is 0 Å². The minimum Gasteiger partial charge on any atom is -0.387 e. The van der Waals surface area contributed by atoms with Crippen molar-refractivity contribution in [2.45, 2.75) is 26.0 Å². The highest BCUT2D eigenvalue weighted by Gasteiger charge is 2.22. The van der Waals surface area contributed by atoms with Crippen molar-refractivity contribution in [1.82, 2.24) is 24.6 Å². The quantitative estimate of drug-likeness (QED) is 0.855. The van der Waals surface area contributed by atoms with Crippen LogP contribution in [0.5, 0.6) is 0 Å². The zero-order chi connectivity index (χ0) is 17.8. The van der Waals surface area contributed by atoms with Gasteiger partial charge in [-0.15, -0.1) is 10.2 Å². The van der Waals surface area contributed by atoms with Crippen molar-refractivity contribution in [2.75, 3.05) is 32.7 Å². The van der Waals surface area contributed by atoms with Gasteiger partial charge in [0, 0.05) is 51.8 Å². The molecule has 1 fully saturated rings. The average Bonchev–Trinajstić information content (AvgIpc) is 2.97. The van der Waals surface area contributed by atoms with E-state index in [2.05, 4.69) is 31.5 Å². The number of halogens is 1. The number of aliphatic hydroxyl groups is 1. The van der Waals surface area contributed by atoms with E-state index in [9.17, 15) is 9.50 Å². The highest BCUT2D eigenvalue weighted by Crippen LogP contribution is 2.18. The van der Waals surface area contributed by atoms with Crippen LogP contribution in [0, 0.1) is 5.82 Å². The van der Waals surface area contributed by atoms with E-state index in [1.54, 1.807) is 18.2 Å². The number of nitrogens with zero attached hydrogens (tertiary/aromatic N) is 5. The number of rotatable bonds is 6. The lowest BCUT2D eigenvalue weighted by Crippen LogP contribution is -2.47. The van der Waals surface area contributed by atoms with E-state index in [1.165, 1.54) is 6.07 Å². The first-order valence-corrected chi connectivity index (χ1v) is 8.82. The molecule has 25 heavy (non-hydrogen) atoms. The molecule has 6 nitrogen and oxygen atoms in total. The fourth-order valence-corrected chi connectivity index (χ4v) is 3.26. The van der Waals surface area contributed by atoms with E-state index in [1.807, 2.05) is 7.05 Å². The Bertz CT molecular complexity index is 697. The highest BCUT2D eigenvalue weighted by atomic mass is 19.1. The van der Waals surface area contributed by atoms with Gasteiger partial charge in [0.15, 0.2) is 0 Å². The van der Waals surface area contributed by atoms with Crippen molar-refractivity contribution in [3.05, 3.63) is 47.3 Å². The summed E-state index contributed by atoms with van der Waals surface area (Å²) in [7, 11) is 2.01. The first-order chi connectivity index (χ1) is 12.1. The van der Waals surface area contributed by atoms with Crippen molar-refractivity contribution in [3.63, 3.8) is 0 Å². The molecule has 1 saturated heterocycles. The van der Waals surface area contributed by atoms with Crippen molar-refractivity contribution in [3.8, 4) is 0 Å². The number of aryl methyl sites for hydroxylation is 1. The number of β-amino-alcohol motifs (C(OH)–C–C–N with tert-alkyl or cyclic N) is 1. The van der Waals surface area contributed by atoms with Crippen molar-refractivity contribution >= 4 is 0 Å². The molecule has 0 radical (unpaired) electrons. The van der Waals surface area contributed by atoms with Gasteiger partial charge in [0.2, 0.25) is 0 Å². The van der Waals surface area contributed by atoms with Crippen LogP contribution in [0.2, 0.25) is 0 Å². The van der Waals surface area contributed by atoms with Gasteiger partial charge in [0.1, 0.15) is 17.5 Å². The molecule has 1 aromatic carbocycles. The van der Waals surface area contributed by atoms with Gasteiger partial charge in [-0.2, -0.15) is 0 Å². The summed E-state index contributed by atoms with van der Waals surface area (Å²) in [6, 6.07) is 6.43. The Morgan fingerprint density at radius 2 is 1.72 bits per heavy atom. The second-order valence-electron chi connectivity index (χ2n) is 6.56. The van der Waals surface area contributed by atoms with Crippen molar-refractivity contribution in [2.24, 2.45) is 7.05 Å². The van der Waals surface area contributed by atoms with Crippen molar-refractivity contribution < 1.29 is 9.50 Å². The summed E-state index contributed by atoms with van der Waals surface area (Å²) in [5, 5.41) is 18.8. The minimum absolute atomic E-state index is 0.345. The summed E-state index contributed by atoms with van der Waals surface area (Å²) in [5.41, 5.74) is 0.371. The van der Waals surface area contributed by atoms with E-state index in [4.69, 9.17) is 0 Å². The number of benzene rings is 1. The number of aromatic nitrogens is 3. The molecule has 0 spiro atoms. The summed E-state index contributed by atoms with van der Waals surface area (Å²) in [6.07, 6.45) is 0.0872. The standard InChI is InChI=1S/C18H26FN5O/c1-3-17-20-21-18(22(17)2)13-24-10-8-23(9-11-24)12-16(25)14-6-4-5-7-15(14)19/h4-7,16,25H,3,8-13H2,1-2H3/t16-/m1/s1. The normalized spacial score (nSPS) is 17.8. The van der Waals surface area contributed by atoms with Crippen LogP contribution in [0.15, 0.2) is 24.3 Å². The SMILES string of the molecule is CCc1nnc(CN2CCN(C[C@@H](O)c3ccccc3F)CC2)n1C. The first-order valence-electron chi connectivity index (χ1n) is 8.82. The van der Waals surface area contributed by atoms with Gasteiger partial charge in [0.05, 0.1) is 12.6 Å². The molecular formula is C18H26FN5O. The Kier molecular flexibility index (Phi) is 5.78. The first kappa shape index (κ1) is 18.0. The van der Waals surface area contributed by atoms with Crippen LogP contribution in [0.1, 0.15) is 30.2 Å². The van der Waals surface area contributed by atoms with Gasteiger partial charge < -0.3 is 9.67 Å². The smallest absolute Gasteiger partial charge is 0.146 e. The topological polar surface area (TPSA) is 57.4 Å². The molecule has 2 heterocycles. The molecular weight excluding hydrogens is 321 g/mol. The Morgan fingerprint density at radius 3 is 2.36 bits per heavy atom. The summed E-state index contributed by atoms with van der Waals surface area (Å²) < 4.78 is 15.8. The molecule has 136 valence electrons. The van der Waals surface area contributed by atoms with Gasteiger partial charge in [-0.25, -0.2) is 4.39 Å². The Morgan fingerprint density at radius 1 is 1.08 bits per heavy atom. The van der Waals surface area contributed by atoms with E-state index in [0.717, 1.165) is 50.8 Å². The molecule has 0 bridgehead atoms. The highest BCUT2D eigenvalue weighted by molar-refractivity contribution is 5.20. The maximum Gasteiger partial charge on any atom is 0.146 e. The molecule has 1 aliphatic heterocycles. The zero-order valence-electron chi connectivity index (χ0n) is 14.9. The number of aliphatic hydroxyl groups excluding tert-OH is 1. The van der Waals surface area contributed by atoms with Crippen LogP contribution in [0.3, 0.4) is 0 Å². The fraction of sp³-hybridized carbons (Fsp3) is 0.556. The summed E-state index contributed by atoms with van der Waals surface area (Å²) in [4.78, 5) is 4.52. The summed E-state index contributed by atoms with van der Waals surface area (Å²) in [6.45, 7) is 6.82. The van der Waals surface area contributed by atoms with E-state index >= 15 is 0 Å². The van der Waals surface area contributed by atoms with Crippen LogP contribution >= 0.6 is 0 Å². The molecule has 1 aliphatic rings. The third-order valence-corrected chi connectivity index (χ3v) is 4.90. The minimum atomic E-state index is -0.793. The Balaban J connectivity index is 1.50. The second-order valence-corrected chi connectivity index (χ2v) is 6.56. The lowest BCUT2D eigenvalue weighted by atomic mass is 10.1. The van der Waals surface area contributed by atoms with Gasteiger partial charge >= 0.3 is 0 Å². The van der Waals surface area contributed by atoms with Crippen LogP contribution in [-0.2, 0) is 20.0 Å². The zero-order valence-corrected chi connectivity index (χ0v) is 14.9. The van der Waals surface area contributed by atoms with Crippen LogP contribution in [-0.4, -0.2) is 62.4 Å². The molecule has 2 aromatic rings. The molecule has 0 aliphatic carbocycles. The fourth-order valence-electron chi connectivity index (χ4n) is 3.26. The summed E-state index contributed by atoms with van der Waals surface area (Å²) in [5.74, 6) is 1.64. The third kappa shape index (κ3) is 4.23. The molecule has 0 saturated carbocycles. The maximum atomic E-state index is 13.8.